The van der Waals surface area contributed by atoms with Crippen molar-refractivity contribution in [2.75, 3.05) is 11.9 Å². The van der Waals surface area contributed by atoms with Crippen molar-refractivity contribution in [2.45, 2.75) is 13.1 Å². The van der Waals surface area contributed by atoms with Crippen LogP contribution in [0.4, 0.5) is 10.1 Å². The van der Waals surface area contributed by atoms with Gasteiger partial charge in [0.05, 0.1) is 24.1 Å². The SMILES string of the molecule is CC1Nc2ccc(-c3ccc(F)cc3)nc2C(=O)N1CC=O. The fraction of sp³-hybridized carbons (Fsp3) is 0.188. The second kappa shape index (κ2) is 5.55. The van der Waals surface area contributed by atoms with Crippen LogP contribution in [0.3, 0.4) is 0 Å². The lowest BCUT2D eigenvalue weighted by molar-refractivity contribution is -0.108. The minimum absolute atomic E-state index is 0.00883. The second-order valence-corrected chi connectivity index (χ2v) is 5.04. The van der Waals surface area contributed by atoms with Crippen LogP contribution in [0.15, 0.2) is 36.4 Å². The van der Waals surface area contributed by atoms with Crippen molar-refractivity contribution >= 4 is 17.9 Å². The van der Waals surface area contributed by atoms with E-state index in [4.69, 9.17) is 0 Å². The summed E-state index contributed by atoms with van der Waals surface area (Å²) in [6.45, 7) is 1.81. The molecule has 3 rings (SSSR count). The van der Waals surface area contributed by atoms with Crippen LogP contribution in [0.2, 0.25) is 0 Å². The topological polar surface area (TPSA) is 62.3 Å². The third kappa shape index (κ3) is 2.43. The highest BCUT2D eigenvalue weighted by Crippen LogP contribution is 2.27. The quantitative estimate of drug-likeness (QED) is 0.883. The van der Waals surface area contributed by atoms with E-state index >= 15 is 0 Å². The van der Waals surface area contributed by atoms with E-state index < -0.39 is 0 Å². The van der Waals surface area contributed by atoms with Crippen molar-refractivity contribution in [3.8, 4) is 11.3 Å². The van der Waals surface area contributed by atoms with Crippen LogP contribution < -0.4 is 5.32 Å². The van der Waals surface area contributed by atoms with Crippen molar-refractivity contribution in [2.24, 2.45) is 0 Å². The first kappa shape index (κ1) is 14.2. The molecule has 1 amide bonds. The number of halogens is 1. The van der Waals surface area contributed by atoms with Gasteiger partial charge in [-0.15, -0.1) is 0 Å². The number of nitrogens with zero attached hydrogens (tertiary/aromatic N) is 2. The van der Waals surface area contributed by atoms with Gasteiger partial charge >= 0.3 is 0 Å². The Morgan fingerprint density at radius 2 is 2.00 bits per heavy atom. The highest BCUT2D eigenvalue weighted by Gasteiger charge is 2.30. The highest BCUT2D eigenvalue weighted by atomic mass is 19.1. The molecule has 5 nitrogen and oxygen atoms in total. The van der Waals surface area contributed by atoms with Gasteiger partial charge in [0.25, 0.3) is 5.91 Å². The van der Waals surface area contributed by atoms with E-state index in [1.165, 1.54) is 17.0 Å². The first-order valence-corrected chi connectivity index (χ1v) is 6.88. The van der Waals surface area contributed by atoms with Gasteiger partial charge in [-0.25, -0.2) is 9.37 Å². The smallest absolute Gasteiger partial charge is 0.276 e. The molecule has 0 saturated carbocycles. The lowest BCUT2D eigenvalue weighted by Gasteiger charge is -2.34. The third-order valence-electron chi connectivity index (χ3n) is 3.60. The molecule has 1 aromatic carbocycles. The van der Waals surface area contributed by atoms with Crippen LogP contribution in [0, 0.1) is 5.82 Å². The molecule has 0 aliphatic carbocycles. The van der Waals surface area contributed by atoms with Crippen molar-refractivity contribution in [3.63, 3.8) is 0 Å². The summed E-state index contributed by atoms with van der Waals surface area (Å²) < 4.78 is 13.0. The Morgan fingerprint density at radius 1 is 1.27 bits per heavy atom. The van der Waals surface area contributed by atoms with Crippen LogP contribution in [0.25, 0.3) is 11.3 Å². The van der Waals surface area contributed by atoms with Crippen LogP contribution in [-0.2, 0) is 4.79 Å². The molecule has 6 heteroatoms. The number of benzene rings is 1. The summed E-state index contributed by atoms with van der Waals surface area (Å²) >= 11 is 0. The standard InChI is InChI=1S/C16H14FN3O2/c1-10-18-14-7-6-13(11-2-4-12(17)5-3-11)19-15(14)16(22)20(10)8-9-21/h2-7,9-10,18H,8H2,1H3. The van der Waals surface area contributed by atoms with Gasteiger partial charge in [0, 0.05) is 5.56 Å². The predicted molar refractivity (Wildman–Crippen MR) is 79.8 cm³/mol. The number of aldehydes is 1. The Hall–Kier alpha value is -2.76. The summed E-state index contributed by atoms with van der Waals surface area (Å²) in [5, 5.41) is 3.14. The van der Waals surface area contributed by atoms with Crippen molar-refractivity contribution in [1.82, 2.24) is 9.88 Å². The molecule has 22 heavy (non-hydrogen) atoms. The number of carbonyl (C=O) groups excluding carboxylic acids is 2. The lowest BCUT2D eigenvalue weighted by Crippen LogP contribution is -2.48. The van der Waals surface area contributed by atoms with Crippen molar-refractivity contribution in [3.05, 3.63) is 47.9 Å². The van der Waals surface area contributed by atoms with Gasteiger partial charge in [0.1, 0.15) is 12.1 Å². The Balaban J connectivity index is 2.01. The number of pyridine rings is 1. The largest absolute Gasteiger partial charge is 0.363 e. The van der Waals surface area contributed by atoms with Gasteiger partial charge in [0.2, 0.25) is 0 Å². The Kier molecular flexibility index (Phi) is 3.58. The van der Waals surface area contributed by atoms with E-state index in [1.54, 1.807) is 31.2 Å². The molecule has 2 heterocycles. The minimum atomic E-state index is -0.328. The molecule has 0 bridgehead atoms. The molecule has 0 spiro atoms. The Bertz CT molecular complexity index is 731. The van der Waals surface area contributed by atoms with Crippen LogP contribution in [-0.4, -0.2) is 34.8 Å². The van der Waals surface area contributed by atoms with Gasteiger partial charge in [-0.3, -0.25) is 4.79 Å². The molecule has 112 valence electrons. The van der Waals surface area contributed by atoms with E-state index in [-0.39, 0.29) is 30.1 Å². The number of carbonyl (C=O) groups is 2. The van der Waals surface area contributed by atoms with Crippen molar-refractivity contribution < 1.29 is 14.0 Å². The molecule has 1 aliphatic heterocycles. The first-order chi connectivity index (χ1) is 10.6. The Morgan fingerprint density at radius 3 is 2.68 bits per heavy atom. The monoisotopic (exact) mass is 299 g/mol. The summed E-state index contributed by atoms with van der Waals surface area (Å²) in [6, 6.07) is 9.45. The molecular formula is C16H14FN3O2. The molecule has 2 aromatic rings. The summed E-state index contributed by atoms with van der Waals surface area (Å²) in [5.41, 5.74) is 2.19. The number of nitrogens with one attached hydrogen (secondary N) is 1. The van der Waals surface area contributed by atoms with Crippen LogP contribution >= 0.6 is 0 Å². The Labute approximate surface area is 126 Å². The summed E-state index contributed by atoms with van der Waals surface area (Å²) in [6.07, 6.45) is 0.411. The molecule has 0 fully saturated rings. The molecule has 1 atom stereocenters. The van der Waals surface area contributed by atoms with E-state index in [0.717, 1.165) is 5.56 Å². The van der Waals surface area contributed by atoms with Crippen molar-refractivity contribution in [1.29, 1.82) is 0 Å². The van der Waals surface area contributed by atoms with E-state index in [0.29, 0.717) is 17.7 Å². The molecule has 0 saturated heterocycles. The maximum atomic E-state index is 13.0. The number of amides is 1. The summed E-state index contributed by atoms with van der Waals surface area (Å²) in [4.78, 5) is 29.0. The van der Waals surface area contributed by atoms with Gasteiger partial charge in [-0.1, -0.05) is 0 Å². The average molecular weight is 299 g/mol. The third-order valence-corrected chi connectivity index (χ3v) is 3.60. The average Bonchev–Trinajstić information content (AvgIpc) is 2.52. The number of anilines is 1. The van der Waals surface area contributed by atoms with Gasteiger partial charge in [0.15, 0.2) is 5.69 Å². The zero-order valence-electron chi connectivity index (χ0n) is 11.9. The number of fused-ring (bicyclic) bond motifs is 1. The molecule has 1 unspecified atom stereocenters. The molecule has 1 aromatic heterocycles. The highest BCUT2D eigenvalue weighted by molar-refractivity contribution is 6.01. The first-order valence-electron chi connectivity index (χ1n) is 6.88. The fourth-order valence-corrected chi connectivity index (χ4v) is 2.46. The summed E-state index contributed by atoms with van der Waals surface area (Å²) in [7, 11) is 0. The maximum absolute atomic E-state index is 13.0. The second-order valence-electron chi connectivity index (χ2n) is 5.04. The van der Waals surface area contributed by atoms with Crippen LogP contribution in [0.5, 0.6) is 0 Å². The fourth-order valence-electron chi connectivity index (χ4n) is 2.46. The maximum Gasteiger partial charge on any atom is 0.276 e. The number of rotatable bonds is 3. The van der Waals surface area contributed by atoms with Gasteiger partial charge in [-0.05, 0) is 43.3 Å². The minimum Gasteiger partial charge on any atom is -0.363 e. The van der Waals surface area contributed by atoms with E-state index in [9.17, 15) is 14.0 Å². The number of hydrogen-bond donors (Lipinski definition) is 1. The lowest BCUT2D eigenvalue weighted by atomic mass is 10.1. The zero-order valence-corrected chi connectivity index (χ0v) is 11.9. The normalized spacial score (nSPS) is 16.9. The zero-order chi connectivity index (χ0) is 15.7. The van der Waals surface area contributed by atoms with Crippen LogP contribution in [0.1, 0.15) is 17.4 Å². The molecule has 1 aliphatic rings. The number of hydrogen-bond acceptors (Lipinski definition) is 4. The van der Waals surface area contributed by atoms with E-state index in [2.05, 4.69) is 10.3 Å². The molecule has 0 radical (unpaired) electrons. The van der Waals surface area contributed by atoms with Gasteiger partial charge < -0.3 is 15.0 Å². The number of aromatic nitrogens is 1. The molecular weight excluding hydrogens is 285 g/mol. The van der Waals surface area contributed by atoms with E-state index in [1.807, 2.05) is 0 Å². The van der Waals surface area contributed by atoms with Gasteiger partial charge in [-0.2, -0.15) is 0 Å². The molecule has 1 N–H and O–H groups in total. The predicted octanol–water partition coefficient (Wildman–Crippen LogP) is 2.30. The summed E-state index contributed by atoms with van der Waals surface area (Å²) in [5.74, 6) is -0.622.